The van der Waals surface area contributed by atoms with Crippen LogP contribution in [-0.2, 0) is 7.05 Å². The third-order valence-corrected chi connectivity index (χ3v) is 4.51. The molecule has 0 atom stereocenters. The van der Waals surface area contributed by atoms with Crippen molar-refractivity contribution in [3.63, 3.8) is 0 Å². The van der Waals surface area contributed by atoms with Crippen LogP contribution in [0.3, 0.4) is 0 Å². The van der Waals surface area contributed by atoms with Gasteiger partial charge in [-0.25, -0.2) is 15.0 Å². The van der Waals surface area contributed by atoms with E-state index < -0.39 is 0 Å². The molecule has 0 saturated carbocycles. The van der Waals surface area contributed by atoms with Gasteiger partial charge in [-0.1, -0.05) is 48.5 Å². The molecular weight excluding hydrogens is 310 g/mol. The van der Waals surface area contributed by atoms with Gasteiger partial charge >= 0.3 is 0 Å². The van der Waals surface area contributed by atoms with Crippen LogP contribution >= 0.6 is 0 Å². The fourth-order valence-electron chi connectivity index (χ4n) is 3.30. The minimum absolute atomic E-state index is 0.715. The number of aromatic nitrogens is 4. The standard InChI is InChI=1S/C20H15N5/c1-25-12-23-18-19(21-11-22-20(18)25)24-17-15-8-4-2-6-13(15)10-14-7-3-5-9-16(14)17/h2-12H,1H3,(H,21,22,24). The van der Waals surface area contributed by atoms with Gasteiger partial charge in [0.15, 0.2) is 17.0 Å². The molecule has 1 N–H and O–H groups in total. The van der Waals surface area contributed by atoms with E-state index >= 15 is 0 Å². The van der Waals surface area contributed by atoms with Crippen molar-refractivity contribution in [3.05, 3.63) is 67.3 Å². The van der Waals surface area contributed by atoms with Gasteiger partial charge in [0.05, 0.1) is 12.0 Å². The molecule has 0 fully saturated rings. The Labute approximate surface area is 144 Å². The first kappa shape index (κ1) is 13.9. The van der Waals surface area contributed by atoms with Crippen molar-refractivity contribution in [1.29, 1.82) is 0 Å². The zero-order valence-electron chi connectivity index (χ0n) is 13.6. The molecule has 0 bridgehead atoms. The fourth-order valence-corrected chi connectivity index (χ4v) is 3.30. The molecule has 0 aliphatic heterocycles. The molecule has 0 aliphatic rings. The number of rotatable bonds is 2. The van der Waals surface area contributed by atoms with Gasteiger partial charge < -0.3 is 9.88 Å². The zero-order valence-corrected chi connectivity index (χ0v) is 13.6. The molecule has 0 aliphatic carbocycles. The minimum atomic E-state index is 0.715. The summed E-state index contributed by atoms with van der Waals surface area (Å²) in [5.41, 5.74) is 2.61. The first-order chi connectivity index (χ1) is 12.3. The summed E-state index contributed by atoms with van der Waals surface area (Å²) in [5, 5.41) is 8.21. The maximum absolute atomic E-state index is 4.45. The number of aryl methyl sites for hydroxylation is 1. The quantitative estimate of drug-likeness (QED) is 0.488. The van der Waals surface area contributed by atoms with E-state index in [0.29, 0.717) is 5.82 Å². The highest BCUT2D eigenvalue weighted by Gasteiger charge is 2.12. The van der Waals surface area contributed by atoms with Gasteiger partial charge in [-0.2, -0.15) is 0 Å². The Morgan fingerprint density at radius 2 is 1.52 bits per heavy atom. The van der Waals surface area contributed by atoms with E-state index in [4.69, 9.17) is 0 Å². The zero-order chi connectivity index (χ0) is 16.8. The Bertz CT molecular complexity index is 1180. The van der Waals surface area contributed by atoms with E-state index in [0.717, 1.165) is 27.6 Å². The lowest BCUT2D eigenvalue weighted by Gasteiger charge is -2.13. The molecule has 5 nitrogen and oxygen atoms in total. The van der Waals surface area contributed by atoms with Crippen LogP contribution in [0.2, 0.25) is 0 Å². The van der Waals surface area contributed by atoms with Crippen LogP contribution in [0.1, 0.15) is 0 Å². The molecule has 25 heavy (non-hydrogen) atoms. The lowest BCUT2D eigenvalue weighted by atomic mass is 10.0. The topological polar surface area (TPSA) is 55.6 Å². The predicted molar refractivity (Wildman–Crippen MR) is 101 cm³/mol. The molecule has 0 unspecified atom stereocenters. The molecule has 5 aromatic rings. The smallest absolute Gasteiger partial charge is 0.165 e. The van der Waals surface area contributed by atoms with Crippen LogP contribution < -0.4 is 5.32 Å². The lowest BCUT2D eigenvalue weighted by Crippen LogP contribution is -1.98. The Balaban J connectivity index is 1.81. The van der Waals surface area contributed by atoms with E-state index in [2.05, 4.69) is 74.9 Å². The summed E-state index contributed by atoms with van der Waals surface area (Å²) in [6, 6.07) is 18.9. The summed E-state index contributed by atoms with van der Waals surface area (Å²) in [4.78, 5) is 13.2. The molecule has 5 rings (SSSR count). The highest BCUT2D eigenvalue weighted by Crippen LogP contribution is 2.35. The second kappa shape index (κ2) is 5.27. The van der Waals surface area contributed by atoms with Crippen LogP contribution in [0, 0.1) is 0 Å². The maximum Gasteiger partial charge on any atom is 0.165 e. The first-order valence-electron chi connectivity index (χ1n) is 8.11. The van der Waals surface area contributed by atoms with Crippen molar-refractivity contribution < 1.29 is 0 Å². The third-order valence-electron chi connectivity index (χ3n) is 4.51. The number of fused-ring (bicyclic) bond motifs is 3. The number of nitrogens with zero attached hydrogens (tertiary/aromatic N) is 4. The number of anilines is 2. The van der Waals surface area contributed by atoms with Crippen molar-refractivity contribution >= 4 is 44.2 Å². The monoisotopic (exact) mass is 325 g/mol. The molecule has 0 spiro atoms. The molecule has 2 heterocycles. The summed E-state index contributed by atoms with van der Waals surface area (Å²) < 4.78 is 1.89. The van der Waals surface area contributed by atoms with Gasteiger partial charge in [0.25, 0.3) is 0 Å². The molecule has 3 aromatic carbocycles. The van der Waals surface area contributed by atoms with E-state index in [1.165, 1.54) is 10.8 Å². The minimum Gasteiger partial charge on any atom is -0.337 e. The van der Waals surface area contributed by atoms with E-state index in [9.17, 15) is 0 Å². The van der Waals surface area contributed by atoms with Gasteiger partial charge in [-0.05, 0) is 16.8 Å². The summed E-state index contributed by atoms with van der Waals surface area (Å²) in [6.45, 7) is 0. The fraction of sp³-hybridized carbons (Fsp3) is 0.0500. The van der Waals surface area contributed by atoms with Gasteiger partial charge in [0, 0.05) is 17.8 Å². The van der Waals surface area contributed by atoms with Crippen molar-refractivity contribution in [3.8, 4) is 0 Å². The summed E-state index contributed by atoms with van der Waals surface area (Å²) in [5.74, 6) is 0.715. The van der Waals surface area contributed by atoms with E-state index in [1.807, 2.05) is 11.6 Å². The maximum atomic E-state index is 4.45. The molecule has 5 heteroatoms. The predicted octanol–water partition coefficient (Wildman–Crippen LogP) is 4.41. The Kier molecular flexibility index (Phi) is 2.94. The summed E-state index contributed by atoms with van der Waals surface area (Å²) in [7, 11) is 1.93. The molecular formula is C20H15N5. The molecule has 2 aromatic heterocycles. The lowest BCUT2D eigenvalue weighted by molar-refractivity contribution is 0.928. The van der Waals surface area contributed by atoms with Crippen molar-refractivity contribution in [2.24, 2.45) is 7.05 Å². The van der Waals surface area contributed by atoms with Crippen molar-refractivity contribution in [1.82, 2.24) is 19.5 Å². The van der Waals surface area contributed by atoms with E-state index in [-0.39, 0.29) is 0 Å². The molecule has 0 saturated heterocycles. The highest BCUT2D eigenvalue weighted by molar-refractivity contribution is 6.12. The van der Waals surface area contributed by atoms with Crippen LogP contribution in [-0.4, -0.2) is 19.5 Å². The normalized spacial score (nSPS) is 11.4. The van der Waals surface area contributed by atoms with Gasteiger partial charge in [-0.15, -0.1) is 0 Å². The second-order valence-electron chi connectivity index (χ2n) is 6.07. The number of nitrogens with one attached hydrogen (secondary N) is 1. The van der Waals surface area contributed by atoms with Crippen LogP contribution in [0.4, 0.5) is 11.5 Å². The van der Waals surface area contributed by atoms with Crippen LogP contribution in [0.15, 0.2) is 67.3 Å². The average Bonchev–Trinajstić information content (AvgIpc) is 3.04. The van der Waals surface area contributed by atoms with Crippen LogP contribution in [0.25, 0.3) is 32.7 Å². The Morgan fingerprint density at radius 1 is 0.840 bits per heavy atom. The summed E-state index contributed by atoms with van der Waals surface area (Å²) in [6.07, 6.45) is 3.32. The van der Waals surface area contributed by atoms with Crippen molar-refractivity contribution in [2.45, 2.75) is 0 Å². The van der Waals surface area contributed by atoms with Crippen molar-refractivity contribution in [2.75, 3.05) is 5.32 Å². The SMILES string of the molecule is Cn1cnc2c(Nc3c4ccccc4cc4ccccc34)ncnc21. The molecule has 0 amide bonds. The largest absolute Gasteiger partial charge is 0.337 e. The molecule has 0 radical (unpaired) electrons. The number of hydrogen-bond acceptors (Lipinski definition) is 4. The average molecular weight is 325 g/mol. The second-order valence-corrected chi connectivity index (χ2v) is 6.07. The summed E-state index contributed by atoms with van der Waals surface area (Å²) >= 11 is 0. The molecule has 120 valence electrons. The third kappa shape index (κ3) is 2.13. The number of imidazole rings is 1. The Morgan fingerprint density at radius 3 is 2.24 bits per heavy atom. The van der Waals surface area contributed by atoms with E-state index in [1.54, 1.807) is 12.7 Å². The van der Waals surface area contributed by atoms with Crippen LogP contribution in [0.5, 0.6) is 0 Å². The van der Waals surface area contributed by atoms with Gasteiger partial charge in [0.1, 0.15) is 6.33 Å². The van der Waals surface area contributed by atoms with Gasteiger partial charge in [0.2, 0.25) is 0 Å². The highest BCUT2D eigenvalue weighted by atomic mass is 15.1. The number of hydrogen-bond donors (Lipinski definition) is 1. The first-order valence-corrected chi connectivity index (χ1v) is 8.11. The number of benzene rings is 3. The van der Waals surface area contributed by atoms with Gasteiger partial charge in [-0.3, -0.25) is 0 Å². The Hall–Kier alpha value is -3.47.